The van der Waals surface area contributed by atoms with Crippen LogP contribution in [-0.2, 0) is 6.18 Å². The molecule has 4 nitrogen and oxygen atoms in total. The molecule has 2 aromatic carbocycles. The van der Waals surface area contributed by atoms with Crippen molar-refractivity contribution in [2.75, 3.05) is 5.32 Å². The van der Waals surface area contributed by atoms with Gasteiger partial charge in [0.1, 0.15) is 12.6 Å². The maximum atomic E-state index is 12.9. The van der Waals surface area contributed by atoms with E-state index in [2.05, 4.69) is 15.3 Å². The minimum Gasteiger partial charge on any atom is -0.339 e. The smallest absolute Gasteiger partial charge is 0.339 e. The fourth-order valence-corrected chi connectivity index (χ4v) is 3.78. The third-order valence-corrected chi connectivity index (χ3v) is 5.28. The number of anilines is 2. The van der Waals surface area contributed by atoms with E-state index < -0.39 is 11.7 Å². The third-order valence-electron chi connectivity index (χ3n) is 4.10. The monoisotopic (exact) mass is 399 g/mol. The maximum Gasteiger partial charge on any atom is 0.416 e. The van der Waals surface area contributed by atoms with E-state index in [-0.39, 0.29) is 0 Å². The van der Waals surface area contributed by atoms with Gasteiger partial charge < -0.3 is 5.32 Å². The van der Waals surface area contributed by atoms with Crippen LogP contribution in [0.3, 0.4) is 0 Å². The minimum atomic E-state index is -4.41. The number of benzene rings is 2. The predicted octanol–water partition coefficient (Wildman–Crippen LogP) is 5.93. The van der Waals surface area contributed by atoms with Crippen molar-refractivity contribution >= 4 is 39.3 Å². The first-order chi connectivity index (χ1) is 13.4. The third kappa shape index (κ3) is 3.59. The zero-order chi connectivity index (χ0) is 19.7. The topological polar surface area (TPSA) is 54.9 Å². The first-order valence-corrected chi connectivity index (χ1v) is 9.00. The number of carbonyl (C=O) groups excluding carboxylic acids is 1. The number of alkyl halides is 3. The standard InChI is InChI=1S/C20H12F3N3OS/c21-20(22,23)14-2-1-3-15(8-14)26-19-18-16(24-11-25-19)9-17(28-18)13-6-4-12(10-27)5-7-13/h1-11H,(H,24,25,26). The predicted molar refractivity (Wildman–Crippen MR) is 103 cm³/mol. The molecule has 0 saturated carbocycles. The molecule has 4 rings (SSSR count). The van der Waals surface area contributed by atoms with Crippen LogP contribution in [0.2, 0.25) is 0 Å². The summed E-state index contributed by atoms with van der Waals surface area (Å²) >= 11 is 1.42. The molecule has 8 heteroatoms. The van der Waals surface area contributed by atoms with Gasteiger partial charge in [0.15, 0.2) is 5.82 Å². The lowest BCUT2D eigenvalue weighted by Gasteiger charge is -2.10. The summed E-state index contributed by atoms with van der Waals surface area (Å²) in [6.45, 7) is 0. The van der Waals surface area contributed by atoms with Gasteiger partial charge in [0.05, 0.1) is 15.8 Å². The molecule has 0 spiro atoms. The number of hydrogen-bond donors (Lipinski definition) is 1. The van der Waals surface area contributed by atoms with Crippen molar-refractivity contribution in [2.24, 2.45) is 0 Å². The van der Waals surface area contributed by atoms with E-state index >= 15 is 0 Å². The van der Waals surface area contributed by atoms with E-state index in [1.165, 1.54) is 23.7 Å². The Bertz CT molecular complexity index is 1150. The molecule has 0 unspecified atom stereocenters. The highest BCUT2D eigenvalue weighted by Gasteiger charge is 2.30. The van der Waals surface area contributed by atoms with Gasteiger partial charge in [-0.25, -0.2) is 9.97 Å². The van der Waals surface area contributed by atoms with E-state index in [0.29, 0.717) is 22.6 Å². The van der Waals surface area contributed by atoms with Gasteiger partial charge in [0.25, 0.3) is 0 Å². The number of fused-ring (bicyclic) bond motifs is 1. The number of carbonyl (C=O) groups is 1. The first kappa shape index (κ1) is 18.1. The van der Waals surface area contributed by atoms with Crippen molar-refractivity contribution in [3.05, 3.63) is 72.1 Å². The van der Waals surface area contributed by atoms with E-state index in [1.54, 1.807) is 18.2 Å². The van der Waals surface area contributed by atoms with Crippen molar-refractivity contribution in [3.8, 4) is 10.4 Å². The van der Waals surface area contributed by atoms with Crippen LogP contribution in [0.1, 0.15) is 15.9 Å². The number of thiophene rings is 1. The van der Waals surface area contributed by atoms with Gasteiger partial charge in [0, 0.05) is 16.1 Å². The number of nitrogens with one attached hydrogen (secondary N) is 1. The number of rotatable bonds is 4. The zero-order valence-electron chi connectivity index (χ0n) is 14.2. The van der Waals surface area contributed by atoms with Gasteiger partial charge in [-0.05, 0) is 29.8 Å². The number of aldehydes is 1. The highest BCUT2D eigenvalue weighted by molar-refractivity contribution is 7.22. The molecule has 2 heterocycles. The molecule has 140 valence electrons. The molecule has 0 amide bonds. The molecular weight excluding hydrogens is 387 g/mol. The lowest BCUT2D eigenvalue weighted by Crippen LogP contribution is -2.05. The van der Waals surface area contributed by atoms with Gasteiger partial charge in [-0.3, -0.25) is 4.79 Å². The van der Waals surface area contributed by atoms with Gasteiger partial charge in [-0.15, -0.1) is 11.3 Å². The number of halogens is 3. The van der Waals surface area contributed by atoms with Crippen LogP contribution in [0, 0.1) is 0 Å². The molecule has 0 aliphatic heterocycles. The largest absolute Gasteiger partial charge is 0.416 e. The summed E-state index contributed by atoms with van der Waals surface area (Å²) in [4.78, 5) is 20.2. The molecule has 2 aromatic heterocycles. The van der Waals surface area contributed by atoms with E-state index in [4.69, 9.17) is 0 Å². The molecule has 0 aliphatic rings. The molecule has 1 N–H and O–H groups in total. The SMILES string of the molecule is O=Cc1ccc(-c2cc3ncnc(Nc4cccc(C(F)(F)F)c4)c3s2)cc1. The normalized spacial score (nSPS) is 11.5. The van der Waals surface area contributed by atoms with Crippen molar-refractivity contribution in [1.29, 1.82) is 0 Å². The molecule has 0 fully saturated rings. The summed E-state index contributed by atoms with van der Waals surface area (Å²) in [5.41, 5.74) is 1.74. The van der Waals surface area contributed by atoms with E-state index in [0.717, 1.165) is 33.6 Å². The Labute approximate surface area is 161 Å². The summed E-state index contributed by atoms with van der Waals surface area (Å²) in [5.74, 6) is 0.435. The van der Waals surface area contributed by atoms with Crippen molar-refractivity contribution in [3.63, 3.8) is 0 Å². The quantitative estimate of drug-likeness (QED) is 0.432. The average Bonchev–Trinajstić information content (AvgIpc) is 3.13. The van der Waals surface area contributed by atoms with Gasteiger partial charge in [-0.1, -0.05) is 30.3 Å². The fourth-order valence-electron chi connectivity index (χ4n) is 2.72. The summed E-state index contributed by atoms with van der Waals surface area (Å²) in [5, 5.41) is 2.96. The number of hydrogen-bond acceptors (Lipinski definition) is 5. The number of nitrogens with zero attached hydrogens (tertiary/aromatic N) is 2. The summed E-state index contributed by atoms with van der Waals surface area (Å²) in [6, 6.07) is 14.0. The Balaban J connectivity index is 1.70. The Morgan fingerprint density at radius 3 is 2.50 bits per heavy atom. The highest BCUT2D eigenvalue weighted by Crippen LogP contribution is 2.37. The Morgan fingerprint density at radius 2 is 1.79 bits per heavy atom. The molecule has 0 atom stereocenters. The highest BCUT2D eigenvalue weighted by atomic mass is 32.1. The molecular formula is C20H12F3N3OS. The average molecular weight is 399 g/mol. The lowest BCUT2D eigenvalue weighted by atomic mass is 10.1. The van der Waals surface area contributed by atoms with Crippen LogP contribution in [-0.4, -0.2) is 16.3 Å². The van der Waals surface area contributed by atoms with Crippen LogP contribution in [0.4, 0.5) is 24.7 Å². The maximum absolute atomic E-state index is 12.9. The van der Waals surface area contributed by atoms with Gasteiger partial charge >= 0.3 is 6.18 Å². The minimum absolute atomic E-state index is 0.292. The second kappa shape index (κ2) is 7.05. The lowest BCUT2D eigenvalue weighted by molar-refractivity contribution is -0.137. The van der Waals surface area contributed by atoms with Gasteiger partial charge in [-0.2, -0.15) is 13.2 Å². The fraction of sp³-hybridized carbons (Fsp3) is 0.0500. The Kier molecular flexibility index (Phi) is 4.56. The number of aromatic nitrogens is 2. The molecule has 28 heavy (non-hydrogen) atoms. The van der Waals surface area contributed by atoms with Crippen molar-refractivity contribution < 1.29 is 18.0 Å². The molecule has 0 bridgehead atoms. The molecule has 0 radical (unpaired) electrons. The van der Waals surface area contributed by atoms with Crippen LogP contribution in [0.15, 0.2) is 60.9 Å². The van der Waals surface area contributed by atoms with Crippen molar-refractivity contribution in [2.45, 2.75) is 6.18 Å². The first-order valence-electron chi connectivity index (χ1n) is 8.18. The molecule has 0 saturated heterocycles. The van der Waals surface area contributed by atoms with E-state index in [1.807, 2.05) is 18.2 Å². The van der Waals surface area contributed by atoms with Gasteiger partial charge in [0.2, 0.25) is 0 Å². The van der Waals surface area contributed by atoms with Crippen LogP contribution in [0.25, 0.3) is 20.7 Å². The second-order valence-corrected chi connectivity index (χ2v) is 7.04. The summed E-state index contributed by atoms with van der Waals surface area (Å²) < 4.78 is 39.5. The second-order valence-electron chi connectivity index (χ2n) is 5.99. The van der Waals surface area contributed by atoms with Crippen LogP contribution >= 0.6 is 11.3 Å². The van der Waals surface area contributed by atoms with Crippen LogP contribution in [0.5, 0.6) is 0 Å². The van der Waals surface area contributed by atoms with Crippen molar-refractivity contribution in [1.82, 2.24) is 9.97 Å². The van der Waals surface area contributed by atoms with Crippen LogP contribution < -0.4 is 5.32 Å². The molecule has 4 aromatic rings. The van der Waals surface area contributed by atoms with E-state index in [9.17, 15) is 18.0 Å². The summed E-state index contributed by atoms with van der Waals surface area (Å²) in [7, 11) is 0. The summed E-state index contributed by atoms with van der Waals surface area (Å²) in [6.07, 6.45) is -2.27. The Hall–Kier alpha value is -3.26. The Morgan fingerprint density at radius 1 is 1.00 bits per heavy atom. The zero-order valence-corrected chi connectivity index (χ0v) is 15.0. The molecule has 0 aliphatic carbocycles.